The number of thioether (sulfide) groups is 2. The molecule has 1 aliphatic carbocycles. The second-order valence-electron chi connectivity index (χ2n) is 6.79. The van der Waals surface area contributed by atoms with Gasteiger partial charge in [0.25, 0.3) is 0 Å². The zero-order chi connectivity index (χ0) is 18.1. The molecule has 24 heavy (non-hydrogen) atoms. The van der Waals surface area contributed by atoms with E-state index >= 15 is 0 Å². The third kappa shape index (κ3) is 6.87. The van der Waals surface area contributed by atoms with Crippen LogP contribution in [-0.2, 0) is 19.1 Å². The highest BCUT2D eigenvalue weighted by molar-refractivity contribution is 8.03. The van der Waals surface area contributed by atoms with Gasteiger partial charge in [0, 0.05) is 22.0 Å². The second kappa shape index (κ2) is 11.3. The van der Waals surface area contributed by atoms with Crippen LogP contribution in [0.25, 0.3) is 0 Å². The summed E-state index contributed by atoms with van der Waals surface area (Å²) in [7, 11) is 2.88. The minimum atomic E-state index is -0.138. The van der Waals surface area contributed by atoms with Gasteiger partial charge in [-0.05, 0) is 30.6 Å². The quantitative estimate of drug-likeness (QED) is 0.567. The SMILES string of the molecule is COC(=O)CCSC1C(C)CCC(C(C)C)C1SCCC(=O)OC. The Balaban J connectivity index is 2.67. The van der Waals surface area contributed by atoms with Crippen LogP contribution in [0.1, 0.15) is 46.5 Å². The number of hydrogen-bond acceptors (Lipinski definition) is 6. The van der Waals surface area contributed by atoms with E-state index in [9.17, 15) is 9.59 Å². The Morgan fingerprint density at radius 3 is 1.92 bits per heavy atom. The largest absolute Gasteiger partial charge is 0.469 e. The Labute approximate surface area is 155 Å². The van der Waals surface area contributed by atoms with Crippen molar-refractivity contribution in [1.82, 2.24) is 0 Å². The van der Waals surface area contributed by atoms with E-state index in [0.717, 1.165) is 11.5 Å². The molecule has 140 valence electrons. The molecule has 6 heteroatoms. The van der Waals surface area contributed by atoms with Crippen molar-refractivity contribution < 1.29 is 19.1 Å². The summed E-state index contributed by atoms with van der Waals surface area (Å²) >= 11 is 3.82. The highest BCUT2D eigenvalue weighted by Gasteiger charge is 2.39. The summed E-state index contributed by atoms with van der Waals surface area (Å²) in [5.41, 5.74) is 0. The van der Waals surface area contributed by atoms with E-state index in [0.29, 0.717) is 41.1 Å². The molecular weight excluding hydrogens is 344 g/mol. The molecule has 0 aromatic rings. The lowest BCUT2D eigenvalue weighted by Gasteiger charge is -2.43. The van der Waals surface area contributed by atoms with Gasteiger partial charge in [0.1, 0.15) is 0 Å². The van der Waals surface area contributed by atoms with Crippen LogP contribution in [0, 0.1) is 17.8 Å². The molecule has 0 spiro atoms. The molecular formula is C18H32O4S2. The predicted molar refractivity (Wildman–Crippen MR) is 102 cm³/mol. The van der Waals surface area contributed by atoms with Gasteiger partial charge >= 0.3 is 11.9 Å². The molecule has 1 rings (SSSR count). The Bertz CT molecular complexity index is 400. The molecule has 4 atom stereocenters. The summed E-state index contributed by atoms with van der Waals surface area (Å²) < 4.78 is 9.50. The van der Waals surface area contributed by atoms with E-state index in [-0.39, 0.29) is 11.9 Å². The van der Waals surface area contributed by atoms with Crippen molar-refractivity contribution in [2.45, 2.75) is 57.0 Å². The first kappa shape index (κ1) is 21.7. The molecule has 0 bridgehead atoms. The molecule has 1 aliphatic rings. The maximum absolute atomic E-state index is 11.4. The molecule has 1 fully saturated rings. The van der Waals surface area contributed by atoms with Gasteiger partial charge in [0.2, 0.25) is 0 Å². The molecule has 1 saturated carbocycles. The fourth-order valence-corrected chi connectivity index (χ4v) is 6.90. The maximum atomic E-state index is 11.4. The van der Waals surface area contributed by atoms with Gasteiger partial charge in [0.15, 0.2) is 0 Å². The van der Waals surface area contributed by atoms with E-state index in [4.69, 9.17) is 9.47 Å². The number of methoxy groups -OCH3 is 2. The fourth-order valence-electron chi connectivity index (χ4n) is 3.30. The number of ether oxygens (including phenoxy) is 2. The zero-order valence-corrected chi connectivity index (χ0v) is 17.2. The first-order valence-electron chi connectivity index (χ1n) is 8.77. The Morgan fingerprint density at radius 2 is 1.46 bits per heavy atom. The third-order valence-electron chi connectivity index (χ3n) is 4.81. The number of rotatable bonds is 9. The molecule has 0 N–H and O–H groups in total. The summed E-state index contributed by atoms with van der Waals surface area (Å²) in [6.07, 6.45) is 3.43. The standard InChI is InChI=1S/C18H32O4S2/c1-12(2)14-7-6-13(3)17(23-10-8-15(19)21-4)18(14)24-11-9-16(20)22-5/h12-14,17-18H,6-11H2,1-5H3. The lowest BCUT2D eigenvalue weighted by Crippen LogP contribution is -2.41. The minimum Gasteiger partial charge on any atom is -0.469 e. The molecule has 0 aromatic heterocycles. The highest BCUT2D eigenvalue weighted by Crippen LogP contribution is 2.45. The normalized spacial score (nSPS) is 27.1. The summed E-state index contributed by atoms with van der Waals surface area (Å²) in [6.45, 7) is 6.91. The van der Waals surface area contributed by atoms with E-state index in [1.165, 1.54) is 27.1 Å². The molecule has 4 unspecified atom stereocenters. The van der Waals surface area contributed by atoms with Gasteiger partial charge in [-0.2, -0.15) is 23.5 Å². The van der Waals surface area contributed by atoms with Crippen molar-refractivity contribution in [3.8, 4) is 0 Å². The van der Waals surface area contributed by atoms with Crippen molar-refractivity contribution in [3.05, 3.63) is 0 Å². The summed E-state index contributed by atoms with van der Waals surface area (Å²) in [6, 6.07) is 0. The Hall–Kier alpha value is -0.360. The smallest absolute Gasteiger partial charge is 0.306 e. The third-order valence-corrected chi connectivity index (χ3v) is 8.03. The number of esters is 2. The van der Waals surface area contributed by atoms with E-state index in [2.05, 4.69) is 20.8 Å². The van der Waals surface area contributed by atoms with E-state index in [1.807, 2.05) is 23.5 Å². The van der Waals surface area contributed by atoms with Crippen LogP contribution in [0.4, 0.5) is 0 Å². The van der Waals surface area contributed by atoms with Gasteiger partial charge in [-0.25, -0.2) is 0 Å². The van der Waals surface area contributed by atoms with E-state index in [1.54, 1.807) is 0 Å². The fraction of sp³-hybridized carbons (Fsp3) is 0.889. The summed E-state index contributed by atoms with van der Waals surface area (Å²) in [5.74, 6) is 3.28. The number of carbonyl (C=O) groups excluding carboxylic acids is 2. The van der Waals surface area contributed by atoms with Crippen molar-refractivity contribution in [2.24, 2.45) is 17.8 Å². The van der Waals surface area contributed by atoms with Crippen molar-refractivity contribution in [1.29, 1.82) is 0 Å². The predicted octanol–water partition coefficient (Wildman–Crippen LogP) is 4.02. The number of hydrogen-bond donors (Lipinski definition) is 0. The van der Waals surface area contributed by atoms with Crippen molar-refractivity contribution in [2.75, 3.05) is 25.7 Å². The monoisotopic (exact) mass is 376 g/mol. The second-order valence-corrected chi connectivity index (χ2v) is 9.36. The van der Waals surface area contributed by atoms with Crippen LogP contribution in [0.15, 0.2) is 0 Å². The first-order valence-corrected chi connectivity index (χ1v) is 10.9. The highest BCUT2D eigenvalue weighted by atomic mass is 32.2. The van der Waals surface area contributed by atoms with Crippen LogP contribution in [-0.4, -0.2) is 48.2 Å². The molecule has 0 heterocycles. The van der Waals surface area contributed by atoms with E-state index < -0.39 is 0 Å². The zero-order valence-electron chi connectivity index (χ0n) is 15.6. The van der Waals surface area contributed by atoms with Gasteiger partial charge in [-0.1, -0.05) is 20.8 Å². The maximum Gasteiger partial charge on any atom is 0.306 e. The molecule has 0 aromatic carbocycles. The van der Waals surface area contributed by atoms with Crippen LogP contribution in [0.3, 0.4) is 0 Å². The Kier molecular flexibility index (Phi) is 10.2. The molecule has 0 amide bonds. The van der Waals surface area contributed by atoms with Crippen molar-refractivity contribution >= 4 is 35.5 Å². The van der Waals surface area contributed by atoms with Gasteiger partial charge < -0.3 is 9.47 Å². The summed E-state index contributed by atoms with van der Waals surface area (Å²) in [4.78, 5) is 22.8. The average molecular weight is 377 g/mol. The molecule has 4 nitrogen and oxygen atoms in total. The topological polar surface area (TPSA) is 52.6 Å². The molecule has 0 aliphatic heterocycles. The first-order chi connectivity index (χ1) is 11.4. The van der Waals surface area contributed by atoms with Crippen molar-refractivity contribution in [3.63, 3.8) is 0 Å². The van der Waals surface area contributed by atoms with Crippen LogP contribution >= 0.6 is 23.5 Å². The average Bonchev–Trinajstić information content (AvgIpc) is 2.56. The van der Waals surface area contributed by atoms with Crippen LogP contribution < -0.4 is 0 Å². The van der Waals surface area contributed by atoms with Crippen LogP contribution in [0.5, 0.6) is 0 Å². The van der Waals surface area contributed by atoms with Gasteiger partial charge in [-0.15, -0.1) is 0 Å². The van der Waals surface area contributed by atoms with Gasteiger partial charge in [-0.3, -0.25) is 9.59 Å². The molecule has 0 radical (unpaired) electrons. The minimum absolute atomic E-state index is 0.137. The Morgan fingerprint density at radius 1 is 0.958 bits per heavy atom. The summed E-state index contributed by atoms with van der Waals surface area (Å²) in [5, 5.41) is 1.06. The number of carbonyl (C=O) groups is 2. The van der Waals surface area contributed by atoms with Crippen LogP contribution in [0.2, 0.25) is 0 Å². The van der Waals surface area contributed by atoms with Gasteiger partial charge in [0.05, 0.1) is 27.1 Å². The lowest BCUT2D eigenvalue weighted by atomic mass is 9.77. The lowest BCUT2D eigenvalue weighted by molar-refractivity contribution is -0.141. The molecule has 0 saturated heterocycles.